The monoisotopic (exact) mass is 271 g/mol. The van der Waals surface area contributed by atoms with Crippen molar-refractivity contribution in [3.05, 3.63) is 16.1 Å². The maximum Gasteiger partial charge on any atom is 0.317 e. The number of carbonyl (C=O) groups excluding carboxylic acids is 1. The van der Waals surface area contributed by atoms with Gasteiger partial charge in [0.05, 0.1) is 23.7 Å². The summed E-state index contributed by atoms with van der Waals surface area (Å²) in [6, 6.07) is -0.161. The molecule has 0 atom stereocenters. The average molecular weight is 271 g/mol. The number of nitrogens with one attached hydrogen (secondary N) is 1. The lowest BCUT2D eigenvalue weighted by Crippen LogP contribution is -2.46. The third kappa shape index (κ3) is 5.01. The summed E-state index contributed by atoms with van der Waals surface area (Å²) in [4.78, 5) is 18.7. The predicted octanol–water partition coefficient (Wildman–Crippen LogP) is 1.75. The molecule has 0 aliphatic carbocycles. The molecule has 0 unspecified atom stereocenters. The SMILES string of the molecule is CCN(CC(C)(C)O)C(=O)NCc1cnc(C)s1. The topological polar surface area (TPSA) is 65.5 Å². The summed E-state index contributed by atoms with van der Waals surface area (Å²) in [5.41, 5.74) is -0.881. The minimum atomic E-state index is -0.881. The molecule has 0 bridgehead atoms. The third-order valence-electron chi connectivity index (χ3n) is 2.33. The molecule has 2 N–H and O–H groups in total. The van der Waals surface area contributed by atoms with E-state index in [1.54, 1.807) is 36.3 Å². The van der Waals surface area contributed by atoms with Gasteiger partial charge in [0.15, 0.2) is 0 Å². The molecule has 5 nitrogen and oxygen atoms in total. The highest BCUT2D eigenvalue weighted by atomic mass is 32.1. The zero-order valence-corrected chi connectivity index (χ0v) is 12.2. The van der Waals surface area contributed by atoms with Gasteiger partial charge in [-0.15, -0.1) is 11.3 Å². The van der Waals surface area contributed by atoms with Crippen LogP contribution in [0.5, 0.6) is 0 Å². The molecule has 0 aliphatic heterocycles. The molecule has 0 saturated heterocycles. The van der Waals surface area contributed by atoms with Gasteiger partial charge in [0.2, 0.25) is 0 Å². The Bertz CT molecular complexity index is 398. The van der Waals surface area contributed by atoms with Crippen molar-refractivity contribution in [1.82, 2.24) is 15.2 Å². The molecule has 0 saturated carbocycles. The van der Waals surface area contributed by atoms with Crippen LogP contribution in [0.15, 0.2) is 6.20 Å². The molecule has 102 valence electrons. The van der Waals surface area contributed by atoms with Crippen molar-refractivity contribution in [1.29, 1.82) is 0 Å². The molecule has 0 aliphatic rings. The summed E-state index contributed by atoms with van der Waals surface area (Å²) in [6.07, 6.45) is 1.77. The van der Waals surface area contributed by atoms with E-state index in [1.165, 1.54) is 0 Å². The Kier molecular flexibility index (Phi) is 5.10. The molecular weight excluding hydrogens is 250 g/mol. The van der Waals surface area contributed by atoms with Crippen LogP contribution in [0, 0.1) is 6.92 Å². The minimum absolute atomic E-state index is 0.161. The lowest BCUT2D eigenvalue weighted by atomic mass is 10.1. The van der Waals surface area contributed by atoms with E-state index >= 15 is 0 Å². The maximum atomic E-state index is 11.9. The highest BCUT2D eigenvalue weighted by Gasteiger charge is 2.20. The number of nitrogens with zero attached hydrogens (tertiary/aromatic N) is 2. The molecule has 0 fully saturated rings. The summed E-state index contributed by atoms with van der Waals surface area (Å²) in [6.45, 7) is 8.57. The maximum absolute atomic E-state index is 11.9. The van der Waals surface area contributed by atoms with Crippen LogP contribution < -0.4 is 5.32 Å². The number of urea groups is 1. The van der Waals surface area contributed by atoms with Crippen LogP contribution in [0.3, 0.4) is 0 Å². The zero-order valence-electron chi connectivity index (χ0n) is 11.4. The first-order chi connectivity index (χ1) is 8.31. The molecule has 0 aromatic carbocycles. The highest BCUT2D eigenvalue weighted by molar-refractivity contribution is 7.11. The molecule has 2 amide bonds. The van der Waals surface area contributed by atoms with Gasteiger partial charge < -0.3 is 15.3 Å². The number of hydrogen-bond acceptors (Lipinski definition) is 4. The number of rotatable bonds is 5. The van der Waals surface area contributed by atoms with Crippen LogP contribution in [0.1, 0.15) is 30.7 Å². The van der Waals surface area contributed by atoms with Gasteiger partial charge >= 0.3 is 6.03 Å². The first-order valence-electron chi connectivity index (χ1n) is 5.98. The number of aromatic nitrogens is 1. The Morgan fingerprint density at radius 1 is 1.61 bits per heavy atom. The largest absolute Gasteiger partial charge is 0.389 e. The van der Waals surface area contributed by atoms with Crippen LogP contribution >= 0.6 is 11.3 Å². The second kappa shape index (κ2) is 6.15. The van der Waals surface area contributed by atoms with Crippen molar-refractivity contribution < 1.29 is 9.90 Å². The van der Waals surface area contributed by atoms with E-state index < -0.39 is 5.60 Å². The number of aryl methyl sites for hydroxylation is 1. The van der Waals surface area contributed by atoms with Crippen molar-refractivity contribution in [2.75, 3.05) is 13.1 Å². The number of likely N-dealkylation sites (N-methyl/N-ethyl adjacent to an activating group) is 1. The van der Waals surface area contributed by atoms with Crippen molar-refractivity contribution in [2.24, 2.45) is 0 Å². The Morgan fingerprint density at radius 2 is 2.28 bits per heavy atom. The molecule has 0 spiro atoms. The molecule has 18 heavy (non-hydrogen) atoms. The molecule has 0 radical (unpaired) electrons. The normalized spacial score (nSPS) is 11.4. The molecule has 6 heteroatoms. The quantitative estimate of drug-likeness (QED) is 0.857. The summed E-state index contributed by atoms with van der Waals surface area (Å²) in [5.74, 6) is 0. The van der Waals surface area contributed by atoms with Gasteiger partial charge in [-0.2, -0.15) is 0 Å². The molecule has 1 aromatic heterocycles. The number of aliphatic hydroxyl groups is 1. The Morgan fingerprint density at radius 3 is 2.72 bits per heavy atom. The molecular formula is C12H21N3O2S. The van der Waals surface area contributed by atoms with E-state index in [-0.39, 0.29) is 6.03 Å². The van der Waals surface area contributed by atoms with Crippen LogP contribution in [0.25, 0.3) is 0 Å². The van der Waals surface area contributed by atoms with Gasteiger partial charge in [-0.1, -0.05) is 0 Å². The fraction of sp³-hybridized carbons (Fsp3) is 0.667. The van der Waals surface area contributed by atoms with Gasteiger partial charge in [-0.25, -0.2) is 9.78 Å². The van der Waals surface area contributed by atoms with Crippen molar-refractivity contribution in [3.8, 4) is 0 Å². The van der Waals surface area contributed by atoms with Crippen LogP contribution in [-0.2, 0) is 6.54 Å². The predicted molar refractivity (Wildman–Crippen MR) is 72.6 cm³/mol. The first kappa shape index (κ1) is 14.9. The second-order valence-corrected chi connectivity index (χ2v) is 6.15. The standard InChI is InChI=1S/C12H21N3O2S/c1-5-15(8-12(3,4)17)11(16)14-7-10-6-13-9(2)18-10/h6,17H,5,7-8H2,1-4H3,(H,14,16). The summed E-state index contributed by atoms with van der Waals surface area (Å²) in [7, 11) is 0. The van der Waals surface area contributed by atoms with Crippen molar-refractivity contribution >= 4 is 17.4 Å². The lowest BCUT2D eigenvalue weighted by Gasteiger charge is -2.28. The van der Waals surface area contributed by atoms with E-state index in [4.69, 9.17) is 0 Å². The smallest absolute Gasteiger partial charge is 0.317 e. The Hall–Kier alpha value is -1.14. The van der Waals surface area contributed by atoms with Crippen LogP contribution in [-0.4, -0.2) is 39.7 Å². The fourth-order valence-electron chi connectivity index (χ4n) is 1.56. The number of carbonyl (C=O) groups is 1. The number of hydrogen-bond donors (Lipinski definition) is 2. The van der Waals surface area contributed by atoms with E-state index in [9.17, 15) is 9.90 Å². The van der Waals surface area contributed by atoms with E-state index in [0.717, 1.165) is 9.88 Å². The highest BCUT2D eigenvalue weighted by Crippen LogP contribution is 2.11. The third-order valence-corrected chi connectivity index (χ3v) is 3.24. The van der Waals surface area contributed by atoms with E-state index in [1.807, 2.05) is 13.8 Å². The van der Waals surface area contributed by atoms with Crippen molar-refractivity contribution in [3.63, 3.8) is 0 Å². The zero-order chi connectivity index (χ0) is 13.8. The summed E-state index contributed by atoms with van der Waals surface area (Å²) in [5, 5.41) is 13.5. The van der Waals surface area contributed by atoms with Crippen molar-refractivity contribution in [2.45, 2.75) is 39.8 Å². The molecule has 1 heterocycles. The fourth-order valence-corrected chi connectivity index (χ4v) is 2.29. The lowest BCUT2D eigenvalue weighted by molar-refractivity contribution is 0.0480. The van der Waals surface area contributed by atoms with Gasteiger partial charge in [0.25, 0.3) is 0 Å². The Labute approximate surface area is 112 Å². The number of amides is 2. The van der Waals surface area contributed by atoms with Gasteiger partial charge in [0, 0.05) is 17.6 Å². The van der Waals surface area contributed by atoms with Gasteiger partial charge in [-0.3, -0.25) is 0 Å². The van der Waals surface area contributed by atoms with E-state index in [2.05, 4.69) is 10.3 Å². The second-order valence-electron chi connectivity index (χ2n) is 4.83. The summed E-state index contributed by atoms with van der Waals surface area (Å²) < 4.78 is 0. The van der Waals surface area contributed by atoms with Crippen LogP contribution in [0.4, 0.5) is 4.79 Å². The van der Waals surface area contributed by atoms with Crippen LogP contribution in [0.2, 0.25) is 0 Å². The van der Waals surface area contributed by atoms with Gasteiger partial charge in [-0.05, 0) is 27.7 Å². The minimum Gasteiger partial charge on any atom is -0.389 e. The Balaban J connectivity index is 2.47. The number of thiazole rings is 1. The van der Waals surface area contributed by atoms with Gasteiger partial charge in [0.1, 0.15) is 0 Å². The molecule has 1 aromatic rings. The van der Waals surface area contributed by atoms with E-state index in [0.29, 0.717) is 19.6 Å². The average Bonchev–Trinajstić information content (AvgIpc) is 2.67. The first-order valence-corrected chi connectivity index (χ1v) is 6.80. The summed E-state index contributed by atoms with van der Waals surface area (Å²) >= 11 is 1.57. The molecule has 1 rings (SSSR count).